The first-order valence-electron chi connectivity index (χ1n) is 4.72. The molecule has 1 aromatic heterocycles. The molecule has 2 aromatic rings. The maximum absolute atomic E-state index is 9.29. The second-order valence-electron chi connectivity index (χ2n) is 3.17. The van der Waals surface area contributed by atoms with Gasteiger partial charge < -0.3 is 10.1 Å². The molecule has 0 aliphatic rings. The van der Waals surface area contributed by atoms with Crippen LogP contribution in [-0.4, -0.2) is 20.8 Å². The third kappa shape index (κ3) is 2.33. The second kappa shape index (κ2) is 4.40. The van der Waals surface area contributed by atoms with Gasteiger partial charge in [-0.15, -0.1) is 6.58 Å². The van der Waals surface area contributed by atoms with Crippen LogP contribution in [-0.2, 0) is 0 Å². The minimum absolute atomic E-state index is 0.258. The minimum Gasteiger partial charge on any atom is -0.508 e. The number of benzene rings is 1. The molecule has 0 amide bonds. The highest BCUT2D eigenvalue weighted by Crippen LogP contribution is 2.22. The quantitative estimate of drug-likeness (QED) is 0.473. The lowest BCUT2D eigenvalue weighted by atomic mass is 10.3. The molecule has 0 aliphatic heterocycles. The van der Waals surface area contributed by atoms with Gasteiger partial charge in [0.1, 0.15) is 5.75 Å². The Hall–Kier alpha value is -1.42. The summed E-state index contributed by atoms with van der Waals surface area (Å²) in [6, 6.07) is 5.12. The topological polar surface area (TPSA) is 48.9 Å². The van der Waals surface area contributed by atoms with Gasteiger partial charge in [0.25, 0.3) is 0 Å². The Balaban J connectivity index is 2.19. The van der Waals surface area contributed by atoms with E-state index in [0.717, 1.165) is 28.4 Å². The first-order chi connectivity index (χ1) is 7.29. The highest BCUT2D eigenvalue weighted by atomic mass is 32.2. The van der Waals surface area contributed by atoms with E-state index in [1.807, 2.05) is 6.08 Å². The fourth-order valence-corrected chi connectivity index (χ4v) is 2.10. The number of allylic oxidation sites excluding steroid dienone is 1. The van der Waals surface area contributed by atoms with Crippen molar-refractivity contribution in [3.8, 4) is 5.75 Å². The molecule has 2 N–H and O–H groups in total. The number of nitrogens with one attached hydrogen (secondary N) is 1. The largest absolute Gasteiger partial charge is 0.508 e. The predicted octanol–water partition coefficient (Wildman–Crippen LogP) is 2.94. The number of aromatic amines is 1. The molecule has 3 nitrogen and oxygen atoms in total. The molecule has 15 heavy (non-hydrogen) atoms. The van der Waals surface area contributed by atoms with E-state index in [2.05, 4.69) is 16.5 Å². The number of hydrogen-bond acceptors (Lipinski definition) is 3. The van der Waals surface area contributed by atoms with Crippen molar-refractivity contribution in [3.05, 3.63) is 30.9 Å². The number of imidazole rings is 1. The van der Waals surface area contributed by atoms with Crippen LogP contribution >= 0.6 is 11.8 Å². The van der Waals surface area contributed by atoms with Crippen LogP contribution < -0.4 is 0 Å². The maximum atomic E-state index is 9.29. The number of nitrogens with zero attached hydrogens (tertiary/aromatic N) is 1. The lowest BCUT2D eigenvalue weighted by Gasteiger charge is -1.91. The molecule has 0 saturated heterocycles. The number of fused-ring (bicyclic) bond motifs is 1. The third-order valence-corrected chi connectivity index (χ3v) is 2.91. The van der Waals surface area contributed by atoms with Crippen molar-refractivity contribution in [3.63, 3.8) is 0 Å². The Bertz CT molecular complexity index is 478. The number of phenolic OH excluding ortho intramolecular Hbond substituents is 1. The van der Waals surface area contributed by atoms with Crippen LogP contribution in [0.15, 0.2) is 36.0 Å². The molecule has 0 radical (unpaired) electrons. The minimum atomic E-state index is 0.258. The summed E-state index contributed by atoms with van der Waals surface area (Å²) in [6.45, 7) is 3.67. The molecule has 0 unspecified atom stereocenters. The van der Waals surface area contributed by atoms with E-state index >= 15 is 0 Å². The summed E-state index contributed by atoms with van der Waals surface area (Å²) in [5.41, 5.74) is 1.75. The summed E-state index contributed by atoms with van der Waals surface area (Å²) < 4.78 is 0. The molecule has 4 heteroatoms. The first-order valence-corrected chi connectivity index (χ1v) is 5.70. The van der Waals surface area contributed by atoms with Crippen LogP contribution in [0, 0.1) is 0 Å². The van der Waals surface area contributed by atoms with Gasteiger partial charge in [0.2, 0.25) is 0 Å². The van der Waals surface area contributed by atoms with Crippen molar-refractivity contribution in [1.29, 1.82) is 0 Å². The summed E-state index contributed by atoms with van der Waals surface area (Å²) in [5, 5.41) is 10.2. The van der Waals surface area contributed by atoms with Crippen molar-refractivity contribution in [2.75, 3.05) is 5.75 Å². The van der Waals surface area contributed by atoms with E-state index in [1.165, 1.54) is 0 Å². The van der Waals surface area contributed by atoms with Gasteiger partial charge in [0, 0.05) is 11.8 Å². The zero-order chi connectivity index (χ0) is 10.7. The molecule has 0 saturated carbocycles. The van der Waals surface area contributed by atoms with Gasteiger partial charge in [-0.1, -0.05) is 17.8 Å². The van der Waals surface area contributed by atoms with Crippen molar-refractivity contribution in [2.45, 2.75) is 11.6 Å². The smallest absolute Gasteiger partial charge is 0.166 e. The number of aromatic nitrogens is 2. The van der Waals surface area contributed by atoms with Crippen LogP contribution in [0.1, 0.15) is 6.42 Å². The average Bonchev–Trinajstić information content (AvgIpc) is 2.60. The van der Waals surface area contributed by atoms with Gasteiger partial charge >= 0.3 is 0 Å². The third-order valence-electron chi connectivity index (χ3n) is 2.00. The normalized spacial score (nSPS) is 10.7. The van der Waals surface area contributed by atoms with E-state index in [4.69, 9.17) is 0 Å². The van der Waals surface area contributed by atoms with E-state index in [0.29, 0.717) is 0 Å². The van der Waals surface area contributed by atoms with Crippen LogP contribution in [0.4, 0.5) is 0 Å². The van der Waals surface area contributed by atoms with Crippen LogP contribution in [0.2, 0.25) is 0 Å². The molecule has 1 aromatic carbocycles. The molecule has 0 fully saturated rings. The molecular formula is C11H12N2OS. The predicted molar refractivity (Wildman–Crippen MR) is 63.3 cm³/mol. The monoisotopic (exact) mass is 220 g/mol. The average molecular weight is 220 g/mol. The molecule has 0 spiro atoms. The number of phenols is 1. The van der Waals surface area contributed by atoms with Gasteiger partial charge in [-0.3, -0.25) is 0 Å². The van der Waals surface area contributed by atoms with E-state index in [9.17, 15) is 5.11 Å². The number of hydrogen-bond donors (Lipinski definition) is 2. The number of H-pyrrole nitrogens is 1. The van der Waals surface area contributed by atoms with Gasteiger partial charge in [0.05, 0.1) is 11.0 Å². The number of rotatable bonds is 4. The lowest BCUT2D eigenvalue weighted by molar-refractivity contribution is 0.476. The Morgan fingerprint density at radius 3 is 3.20 bits per heavy atom. The Labute approximate surface area is 92.2 Å². The summed E-state index contributed by atoms with van der Waals surface area (Å²) in [7, 11) is 0. The highest BCUT2D eigenvalue weighted by Gasteiger charge is 2.02. The van der Waals surface area contributed by atoms with E-state index < -0.39 is 0 Å². The van der Waals surface area contributed by atoms with Crippen molar-refractivity contribution < 1.29 is 5.11 Å². The molecule has 0 aliphatic carbocycles. The first kappa shape index (κ1) is 10.1. The van der Waals surface area contributed by atoms with E-state index in [1.54, 1.807) is 30.0 Å². The van der Waals surface area contributed by atoms with Crippen LogP contribution in [0.25, 0.3) is 11.0 Å². The fraction of sp³-hybridized carbons (Fsp3) is 0.182. The summed E-state index contributed by atoms with van der Waals surface area (Å²) >= 11 is 1.66. The number of thioether (sulfide) groups is 1. The zero-order valence-corrected chi connectivity index (χ0v) is 9.05. The molecule has 0 bridgehead atoms. The van der Waals surface area contributed by atoms with Crippen molar-refractivity contribution in [1.82, 2.24) is 9.97 Å². The van der Waals surface area contributed by atoms with Crippen LogP contribution in [0.3, 0.4) is 0 Å². The molecular weight excluding hydrogens is 208 g/mol. The lowest BCUT2D eigenvalue weighted by Crippen LogP contribution is -1.77. The summed E-state index contributed by atoms with van der Waals surface area (Å²) in [5.74, 6) is 1.23. The Kier molecular flexibility index (Phi) is 2.97. The maximum Gasteiger partial charge on any atom is 0.166 e. The SMILES string of the molecule is C=CCCSc1nc2ccc(O)cc2[nH]1. The van der Waals surface area contributed by atoms with Gasteiger partial charge in [-0.25, -0.2) is 4.98 Å². The van der Waals surface area contributed by atoms with Crippen molar-refractivity contribution >= 4 is 22.8 Å². The Morgan fingerprint density at radius 1 is 1.53 bits per heavy atom. The molecule has 78 valence electrons. The Morgan fingerprint density at radius 2 is 2.40 bits per heavy atom. The molecule has 1 heterocycles. The van der Waals surface area contributed by atoms with Crippen molar-refractivity contribution in [2.24, 2.45) is 0 Å². The fourth-order valence-electron chi connectivity index (χ4n) is 1.28. The highest BCUT2D eigenvalue weighted by molar-refractivity contribution is 7.99. The standard InChI is InChI=1S/C11H12N2OS/c1-2-3-6-15-11-12-9-5-4-8(14)7-10(9)13-11/h2,4-5,7,14H,1,3,6H2,(H,12,13). The van der Waals surface area contributed by atoms with Crippen LogP contribution in [0.5, 0.6) is 5.75 Å². The summed E-state index contributed by atoms with van der Waals surface area (Å²) in [4.78, 5) is 7.54. The molecule has 0 atom stereocenters. The van der Waals surface area contributed by atoms with Gasteiger partial charge in [0.15, 0.2) is 5.16 Å². The summed E-state index contributed by atoms with van der Waals surface area (Å²) in [6.07, 6.45) is 2.86. The van der Waals surface area contributed by atoms with E-state index in [-0.39, 0.29) is 5.75 Å². The van der Waals surface area contributed by atoms with Gasteiger partial charge in [-0.05, 0) is 18.6 Å². The number of aromatic hydroxyl groups is 1. The van der Waals surface area contributed by atoms with Gasteiger partial charge in [-0.2, -0.15) is 0 Å². The molecule has 2 rings (SSSR count). The second-order valence-corrected chi connectivity index (χ2v) is 4.25. The zero-order valence-electron chi connectivity index (χ0n) is 8.23.